The molecule has 1 saturated heterocycles. The van der Waals surface area contributed by atoms with Gasteiger partial charge in [0.25, 0.3) is 0 Å². The number of likely N-dealkylation sites (tertiary alicyclic amines) is 1. The normalized spacial score (nSPS) is 21.9. The summed E-state index contributed by atoms with van der Waals surface area (Å²) in [6, 6.07) is 8.42. The molecule has 0 aliphatic carbocycles. The number of amides is 1. The van der Waals surface area contributed by atoms with E-state index in [1.165, 1.54) is 11.1 Å². The molecule has 1 fully saturated rings. The van der Waals surface area contributed by atoms with E-state index < -0.39 is 0 Å². The minimum absolute atomic E-state index is 0. The van der Waals surface area contributed by atoms with Gasteiger partial charge in [0.2, 0.25) is 5.91 Å². The quantitative estimate of drug-likeness (QED) is 0.881. The Morgan fingerprint density at radius 2 is 2.10 bits per heavy atom. The molecule has 2 rings (SSSR count). The van der Waals surface area contributed by atoms with Gasteiger partial charge in [-0.1, -0.05) is 24.3 Å². The average molecular weight is 320 g/mol. The second-order valence-corrected chi connectivity index (χ2v) is 5.11. The molecule has 1 amide bonds. The van der Waals surface area contributed by atoms with Crippen LogP contribution in [0, 0.1) is 5.92 Å². The number of hydrogen-bond acceptors (Lipinski definition) is 3. The first-order chi connectivity index (χ1) is 8.61. The van der Waals surface area contributed by atoms with Crippen LogP contribution in [-0.2, 0) is 11.3 Å². The SMILES string of the molecule is CNCc1cccc(C2CN(C)CC2C(N)=O)c1.Cl.Cl. The number of carbonyl (C=O) groups excluding carboxylic acids is 1. The lowest BCUT2D eigenvalue weighted by atomic mass is 9.88. The molecule has 2 atom stereocenters. The fraction of sp³-hybridized carbons (Fsp3) is 0.500. The molecule has 0 radical (unpaired) electrons. The zero-order valence-electron chi connectivity index (χ0n) is 11.8. The van der Waals surface area contributed by atoms with Crippen LogP contribution in [0.1, 0.15) is 17.0 Å². The lowest BCUT2D eigenvalue weighted by Crippen LogP contribution is -2.28. The molecule has 1 aliphatic rings. The molecule has 0 saturated carbocycles. The highest BCUT2D eigenvalue weighted by atomic mass is 35.5. The predicted molar refractivity (Wildman–Crippen MR) is 86.6 cm³/mol. The lowest BCUT2D eigenvalue weighted by Gasteiger charge is -2.16. The summed E-state index contributed by atoms with van der Waals surface area (Å²) in [5.74, 6) is -0.0347. The summed E-state index contributed by atoms with van der Waals surface area (Å²) in [6.45, 7) is 2.50. The van der Waals surface area contributed by atoms with Crippen LogP contribution in [0.25, 0.3) is 0 Å². The molecule has 114 valence electrons. The second-order valence-electron chi connectivity index (χ2n) is 5.11. The number of rotatable bonds is 4. The number of hydrogen-bond donors (Lipinski definition) is 2. The Labute approximate surface area is 132 Å². The highest BCUT2D eigenvalue weighted by Crippen LogP contribution is 2.32. The van der Waals surface area contributed by atoms with E-state index in [2.05, 4.69) is 34.5 Å². The van der Waals surface area contributed by atoms with Crippen molar-refractivity contribution in [3.63, 3.8) is 0 Å². The van der Waals surface area contributed by atoms with E-state index in [0.29, 0.717) is 0 Å². The van der Waals surface area contributed by atoms with Gasteiger partial charge >= 0.3 is 0 Å². The number of primary amides is 1. The molecule has 1 aromatic carbocycles. The minimum atomic E-state index is -0.191. The predicted octanol–water partition coefficient (Wildman–Crippen LogP) is 1.38. The van der Waals surface area contributed by atoms with Gasteiger partial charge in [-0.05, 0) is 25.2 Å². The number of carbonyl (C=O) groups is 1. The van der Waals surface area contributed by atoms with Crippen molar-refractivity contribution < 1.29 is 4.79 Å². The van der Waals surface area contributed by atoms with E-state index in [1.54, 1.807) is 0 Å². The van der Waals surface area contributed by atoms with E-state index >= 15 is 0 Å². The number of halogens is 2. The molecule has 1 aliphatic heterocycles. The first kappa shape index (κ1) is 19.2. The number of benzene rings is 1. The van der Waals surface area contributed by atoms with Crippen LogP contribution < -0.4 is 11.1 Å². The Kier molecular flexibility index (Phi) is 8.13. The summed E-state index contributed by atoms with van der Waals surface area (Å²) >= 11 is 0. The van der Waals surface area contributed by atoms with Crippen LogP contribution in [0.3, 0.4) is 0 Å². The summed E-state index contributed by atoms with van der Waals surface area (Å²) in [4.78, 5) is 13.7. The molecule has 1 heterocycles. The van der Waals surface area contributed by atoms with Crippen LogP contribution >= 0.6 is 24.8 Å². The lowest BCUT2D eigenvalue weighted by molar-refractivity contribution is -0.121. The van der Waals surface area contributed by atoms with Crippen molar-refractivity contribution in [2.24, 2.45) is 11.7 Å². The van der Waals surface area contributed by atoms with E-state index in [1.807, 2.05) is 14.1 Å². The highest BCUT2D eigenvalue weighted by molar-refractivity contribution is 5.85. The Hall–Kier alpha value is -0.810. The van der Waals surface area contributed by atoms with Gasteiger partial charge in [0.05, 0.1) is 5.92 Å². The molecule has 3 N–H and O–H groups in total. The molecular formula is C14H23Cl2N3O. The standard InChI is InChI=1S/C14H21N3O.2ClH/c1-16-7-10-4-3-5-11(6-10)12-8-17(2)9-13(12)14(15)18;;/h3-6,12-13,16H,7-9H2,1-2H3,(H2,15,18);2*1H. The van der Waals surface area contributed by atoms with E-state index in [-0.39, 0.29) is 42.6 Å². The topological polar surface area (TPSA) is 58.4 Å². The molecule has 20 heavy (non-hydrogen) atoms. The third-order valence-electron chi connectivity index (χ3n) is 3.63. The van der Waals surface area contributed by atoms with Crippen molar-refractivity contribution >= 4 is 30.7 Å². The smallest absolute Gasteiger partial charge is 0.222 e. The Bertz CT molecular complexity index is 442. The van der Waals surface area contributed by atoms with Crippen molar-refractivity contribution in [1.82, 2.24) is 10.2 Å². The molecule has 0 aromatic heterocycles. The van der Waals surface area contributed by atoms with Crippen LogP contribution in [0.2, 0.25) is 0 Å². The molecule has 0 bridgehead atoms. The summed E-state index contributed by atoms with van der Waals surface area (Å²) in [7, 11) is 3.97. The summed E-state index contributed by atoms with van der Waals surface area (Å²) in [5.41, 5.74) is 7.97. The Morgan fingerprint density at radius 3 is 2.70 bits per heavy atom. The second kappa shape index (κ2) is 8.47. The molecule has 0 spiro atoms. The Balaban J connectivity index is 0.00000180. The zero-order valence-corrected chi connectivity index (χ0v) is 13.5. The first-order valence-corrected chi connectivity index (χ1v) is 6.33. The highest BCUT2D eigenvalue weighted by Gasteiger charge is 2.35. The van der Waals surface area contributed by atoms with E-state index in [0.717, 1.165) is 19.6 Å². The molecule has 1 aromatic rings. The van der Waals surface area contributed by atoms with Crippen molar-refractivity contribution in [2.75, 3.05) is 27.2 Å². The maximum absolute atomic E-state index is 11.5. The van der Waals surface area contributed by atoms with Gasteiger partial charge in [-0.25, -0.2) is 0 Å². The van der Waals surface area contributed by atoms with Crippen LogP contribution in [0.5, 0.6) is 0 Å². The monoisotopic (exact) mass is 319 g/mol. The summed E-state index contributed by atoms with van der Waals surface area (Å²) in [6.07, 6.45) is 0. The molecule has 6 heteroatoms. The summed E-state index contributed by atoms with van der Waals surface area (Å²) in [5, 5.41) is 3.14. The number of nitrogens with one attached hydrogen (secondary N) is 1. The van der Waals surface area contributed by atoms with Gasteiger partial charge in [0.15, 0.2) is 0 Å². The van der Waals surface area contributed by atoms with Gasteiger partial charge in [-0.3, -0.25) is 4.79 Å². The molecule has 2 unspecified atom stereocenters. The minimum Gasteiger partial charge on any atom is -0.369 e. The molecular weight excluding hydrogens is 297 g/mol. The molecule has 4 nitrogen and oxygen atoms in total. The fourth-order valence-electron chi connectivity index (χ4n) is 2.76. The van der Waals surface area contributed by atoms with Crippen LogP contribution in [0.15, 0.2) is 24.3 Å². The number of likely N-dealkylation sites (N-methyl/N-ethyl adjacent to an activating group) is 1. The van der Waals surface area contributed by atoms with Crippen molar-refractivity contribution in [3.8, 4) is 0 Å². The summed E-state index contributed by atoms with van der Waals surface area (Å²) < 4.78 is 0. The Morgan fingerprint density at radius 1 is 1.40 bits per heavy atom. The average Bonchev–Trinajstić information content (AvgIpc) is 2.72. The third kappa shape index (κ3) is 4.35. The van der Waals surface area contributed by atoms with Crippen LogP contribution in [-0.4, -0.2) is 38.0 Å². The van der Waals surface area contributed by atoms with Crippen molar-refractivity contribution in [2.45, 2.75) is 12.5 Å². The van der Waals surface area contributed by atoms with Gasteiger partial charge in [-0.15, -0.1) is 24.8 Å². The first-order valence-electron chi connectivity index (χ1n) is 6.33. The van der Waals surface area contributed by atoms with E-state index in [9.17, 15) is 4.79 Å². The van der Waals surface area contributed by atoms with Gasteiger partial charge in [-0.2, -0.15) is 0 Å². The largest absolute Gasteiger partial charge is 0.369 e. The number of nitrogens with zero attached hydrogens (tertiary/aromatic N) is 1. The van der Waals surface area contributed by atoms with Gasteiger partial charge in [0.1, 0.15) is 0 Å². The van der Waals surface area contributed by atoms with Crippen molar-refractivity contribution in [3.05, 3.63) is 35.4 Å². The fourth-order valence-corrected chi connectivity index (χ4v) is 2.76. The van der Waals surface area contributed by atoms with Gasteiger partial charge < -0.3 is 16.0 Å². The number of nitrogens with two attached hydrogens (primary N) is 1. The van der Waals surface area contributed by atoms with E-state index in [4.69, 9.17) is 5.73 Å². The maximum Gasteiger partial charge on any atom is 0.222 e. The third-order valence-corrected chi connectivity index (χ3v) is 3.63. The van der Waals surface area contributed by atoms with Crippen molar-refractivity contribution in [1.29, 1.82) is 0 Å². The maximum atomic E-state index is 11.5. The van der Waals surface area contributed by atoms with Gasteiger partial charge in [0, 0.05) is 25.6 Å². The zero-order chi connectivity index (χ0) is 13.1. The van der Waals surface area contributed by atoms with Crippen LogP contribution in [0.4, 0.5) is 0 Å².